The fourth-order valence-corrected chi connectivity index (χ4v) is 2.94. The van der Waals surface area contributed by atoms with Crippen molar-refractivity contribution in [2.75, 3.05) is 0 Å². The van der Waals surface area contributed by atoms with Crippen LogP contribution in [0, 0.1) is 13.8 Å². The molecule has 0 aliphatic carbocycles. The van der Waals surface area contributed by atoms with Gasteiger partial charge in [0.15, 0.2) is 5.16 Å². The molecule has 0 spiro atoms. The van der Waals surface area contributed by atoms with Crippen LogP contribution in [0.2, 0.25) is 0 Å². The summed E-state index contributed by atoms with van der Waals surface area (Å²) in [6, 6.07) is 10.2. The van der Waals surface area contributed by atoms with Gasteiger partial charge in [0, 0.05) is 17.0 Å². The minimum atomic E-state index is -0.109. The summed E-state index contributed by atoms with van der Waals surface area (Å²) in [7, 11) is 0. The molecule has 102 valence electrons. The summed E-state index contributed by atoms with van der Waals surface area (Å²) >= 11 is 1.61. The Hall–Kier alpha value is -2.08. The maximum Gasteiger partial charge on any atom is 0.255 e. The first kappa shape index (κ1) is 12.9. The van der Waals surface area contributed by atoms with Crippen LogP contribution < -0.4 is 5.56 Å². The van der Waals surface area contributed by atoms with E-state index in [0.717, 1.165) is 16.6 Å². The Morgan fingerprint density at radius 2 is 1.95 bits per heavy atom. The highest BCUT2D eigenvalue weighted by Gasteiger charge is 2.12. The molecule has 2 heterocycles. The average Bonchev–Trinajstić information content (AvgIpc) is 2.87. The molecule has 1 N–H and O–H groups in total. The zero-order valence-electron chi connectivity index (χ0n) is 11.3. The van der Waals surface area contributed by atoms with E-state index in [1.54, 1.807) is 18.7 Å². The molecule has 0 fully saturated rings. The number of rotatable bonds is 3. The second-order valence-corrected chi connectivity index (χ2v) is 5.52. The summed E-state index contributed by atoms with van der Waals surface area (Å²) in [6.07, 6.45) is 0. The second-order valence-electron chi connectivity index (χ2n) is 4.58. The number of benzene rings is 1. The highest BCUT2D eigenvalue weighted by atomic mass is 32.2. The fraction of sp³-hybridized carbons (Fsp3) is 0.214. The van der Waals surface area contributed by atoms with Gasteiger partial charge in [0.2, 0.25) is 5.78 Å². The maximum atomic E-state index is 11.7. The third-order valence-electron chi connectivity index (χ3n) is 3.29. The maximum absolute atomic E-state index is 11.7. The van der Waals surface area contributed by atoms with E-state index in [0.29, 0.717) is 11.3 Å². The summed E-state index contributed by atoms with van der Waals surface area (Å²) in [5.74, 6) is 1.31. The van der Waals surface area contributed by atoms with Crippen LogP contribution in [0.3, 0.4) is 0 Å². The SMILES string of the molecule is Cc1c(C)n2c(SCc3ccccc3)nnc2[nH]c1=O. The van der Waals surface area contributed by atoms with Crippen LogP contribution in [0.1, 0.15) is 16.8 Å². The van der Waals surface area contributed by atoms with E-state index in [1.807, 2.05) is 29.5 Å². The number of aromatic amines is 1. The van der Waals surface area contributed by atoms with Gasteiger partial charge in [0.25, 0.3) is 5.56 Å². The number of aromatic nitrogens is 4. The molecule has 2 aromatic heterocycles. The smallest absolute Gasteiger partial charge is 0.255 e. The molecule has 0 aliphatic heterocycles. The largest absolute Gasteiger partial charge is 0.290 e. The Bertz CT molecular complexity index is 807. The van der Waals surface area contributed by atoms with E-state index in [9.17, 15) is 4.79 Å². The fourth-order valence-electron chi connectivity index (χ4n) is 2.00. The first-order valence-electron chi connectivity index (χ1n) is 6.28. The Morgan fingerprint density at radius 3 is 2.70 bits per heavy atom. The van der Waals surface area contributed by atoms with Gasteiger partial charge in [-0.2, -0.15) is 0 Å². The summed E-state index contributed by atoms with van der Waals surface area (Å²) in [5.41, 5.74) is 2.69. The first-order chi connectivity index (χ1) is 9.66. The summed E-state index contributed by atoms with van der Waals surface area (Å²) in [4.78, 5) is 14.4. The van der Waals surface area contributed by atoms with Gasteiger partial charge in [-0.25, -0.2) is 0 Å². The molecule has 1 aromatic carbocycles. The van der Waals surface area contributed by atoms with Crippen LogP contribution in [0.4, 0.5) is 0 Å². The minimum absolute atomic E-state index is 0.109. The Balaban J connectivity index is 1.97. The summed E-state index contributed by atoms with van der Waals surface area (Å²) in [6.45, 7) is 3.72. The van der Waals surface area contributed by atoms with E-state index in [-0.39, 0.29) is 5.56 Å². The van der Waals surface area contributed by atoms with Crippen molar-refractivity contribution in [2.24, 2.45) is 0 Å². The molecule has 3 aromatic rings. The third-order valence-corrected chi connectivity index (χ3v) is 4.29. The van der Waals surface area contributed by atoms with Crippen LogP contribution in [0.15, 0.2) is 40.3 Å². The number of nitrogens with zero attached hydrogens (tertiary/aromatic N) is 3. The Kier molecular flexibility index (Phi) is 3.31. The highest BCUT2D eigenvalue weighted by Crippen LogP contribution is 2.22. The molecule has 5 nitrogen and oxygen atoms in total. The van der Waals surface area contributed by atoms with Crippen molar-refractivity contribution in [1.82, 2.24) is 19.6 Å². The summed E-state index contributed by atoms with van der Waals surface area (Å²) < 4.78 is 1.89. The van der Waals surface area contributed by atoms with Gasteiger partial charge >= 0.3 is 0 Å². The molecule has 0 bridgehead atoms. The van der Waals surface area contributed by atoms with E-state index in [2.05, 4.69) is 27.3 Å². The van der Waals surface area contributed by atoms with E-state index < -0.39 is 0 Å². The van der Waals surface area contributed by atoms with Crippen molar-refractivity contribution in [3.63, 3.8) is 0 Å². The van der Waals surface area contributed by atoms with Gasteiger partial charge in [-0.3, -0.25) is 14.2 Å². The van der Waals surface area contributed by atoms with Gasteiger partial charge in [-0.15, -0.1) is 10.2 Å². The van der Waals surface area contributed by atoms with Crippen LogP contribution in [0.25, 0.3) is 5.78 Å². The zero-order valence-corrected chi connectivity index (χ0v) is 12.1. The molecular weight excluding hydrogens is 272 g/mol. The third kappa shape index (κ3) is 2.22. The van der Waals surface area contributed by atoms with Gasteiger partial charge in [-0.1, -0.05) is 42.1 Å². The van der Waals surface area contributed by atoms with Crippen LogP contribution in [0.5, 0.6) is 0 Å². The number of fused-ring (bicyclic) bond motifs is 1. The average molecular weight is 286 g/mol. The quantitative estimate of drug-likeness (QED) is 0.751. The molecule has 0 unspecified atom stereocenters. The van der Waals surface area contributed by atoms with Gasteiger partial charge in [-0.05, 0) is 19.4 Å². The summed E-state index contributed by atoms with van der Waals surface area (Å²) in [5, 5.41) is 8.98. The number of hydrogen-bond donors (Lipinski definition) is 1. The lowest BCUT2D eigenvalue weighted by atomic mass is 10.2. The van der Waals surface area contributed by atoms with Gasteiger partial charge < -0.3 is 0 Å². The lowest BCUT2D eigenvalue weighted by Crippen LogP contribution is -2.15. The van der Waals surface area contributed by atoms with Crippen LogP contribution in [-0.4, -0.2) is 19.6 Å². The molecule has 0 saturated carbocycles. The first-order valence-corrected chi connectivity index (χ1v) is 7.26. The van der Waals surface area contributed by atoms with Crippen molar-refractivity contribution in [1.29, 1.82) is 0 Å². The van der Waals surface area contributed by atoms with Crippen molar-refractivity contribution < 1.29 is 0 Å². The molecule has 6 heteroatoms. The lowest BCUT2D eigenvalue weighted by Gasteiger charge is -2.05. The number of aryl methyl sites for hydroxylation is 1. The van der Waals surface area contributed by atoms with E-state index in [1.165, 1.54) is 5.56 Å². The van der Waals surface area contributed by atoms with Crippen molar-refractivity contribution in [2.45, 2.75) is 24.8 Å². The molecule has 0 amide bonds. The van der Waals surface area contributed by atoms with Crippen molar-refractivity contribution >= 4 is 17.5 Å². The number of nitrogens with one attached hydrogen (secondary N) is 1. The molecular formula is C14H14N4OS. The standard InChI is InChI=1S/C14H14N4OS/c1-9-10(2)18-13(15-12(9)19)16-17-14(18)20-8-11-6-4-3-5-7-11/h3-7H,8H2,1-2H3,(H,15,16,19). The van der Waals surface area contributed by atoms with Crippen molar-refractivity contribution in [3.8, 4) is 0 Å². The second kappa shape index (κ2) is 5.13. The van der Waals surface area contributed by atoms with Crippen LogP contribution >= 0.6 is 11.8 Å². The normalized spacial score (nSPS) is 11.1. The molecule has 0 radical (unpaired) electrons. The molecule has 0 aliphatic rings. The predicted molar refractivity (Wildman–Crippen MR) is 79.1 cm³/mol. The number of thioether (sulfide) groups is 1. The van der Waals surface area contributed by atoms with Crippen LogP contribution in [-0.2, 0) is 5.75 Å². The minimum Gasteiger partial charge on any atom is -0.290 e. The van der Waals surface area contributed by atoms with Crippen molar-refractivity contribution in [3.05, 3.63) is 57.5 Å². The monoisotopic (exact) mass is 286 g/mol. The van der Waals surface area contributed by atoms with E-state index >= 15 is 0 Å². The predicted octanol–water partition coefficient (Wildman–Crippen LogP) is 2.33. The lowest BCUT2D eigenvalue weighted by molar-refractivity contribution is 0.875. The Morgan fingerprint density at radius 1 is 1.20 bits per heavy atom. The molecule has 0 saturated heterocycles. The number of hydrogen-bond acceptors (Lipinski definition) is 4. The molecule has 0 atom stereocenters. The Labute approximate surface area is 120 Å². The van der Waals surface area contributed by atoms with Gasteiger partial charge in [0.1, 0.15) is 0 Å². The topological polar surface area (TPSA) is 63.1 Å². The molecule has 20 heavy (non-hydrogen) atoms. The molecule has 3 rings (SSSR count). The van der Waals surface area contributed by atoms with E-state index in [4.69, 9.17) is 0 Å². The number of H-pyrrole nitrogens is 1. The highest BCUT2D eigenvalue weighted by molar-refractivity contribution is 7.98. The zero-order chi connectivity index (χ0) is 14.1. The van der Waals surface area contributed by atoms with Gasteiger partial charge in [0.05, 0.1) is 0 Å².